The molecule has 0 bridgehead atoms. The Morgan fingerprint density at radius 2 is 1.64 bits per heavy atom. The van der Waals surface area contributed by atoms with Gasteiger partial charge in [0.1, 0.15) is 0 Å². The number of hydrogen-bond donors (Lipinski definition) is 1. The van der Waals surface area contributed by atoms with Gasteiger partial charge in [0.25, 0.3) is 0 Å². The normalized spacial score (nSPS) is 41.3. The molecule has 3 atom stereocenters. The van der Waals surface area contributed by atoms with Crippen LogP contribution in [0, 0.1) is 0 Å². The summed E-state index contributed by atoms with van der Waals surface area (Å²) in [6, 6.07) is 0. The zero-order valence-electron chi connectivity index (χ0n) is 7.49. The van der Waals surface area contributed by atoms with E-state index in [4.69, 9.17) is 43.9 Å². The lowest BCUT2D eigenvalue weighted by atomic mass is 10.3. The van der Waals surface area contributed by atoms with Crippen LogP contribution in [0.3, 0.4) is 0 Å². The van der Waals surface area contributed by atoms with Gasteiger partial charge in [0, 0.05) is 0 Å². The predicted molar refractivity (Wildman–Crippen MR) is 55.0 cm³/mol. The van der Waals surface area contributed by atoms with Gasteiger partial charge in [-0.3, -0.25) is 4.57 Å². The van der Waals surface area contributed by atoms with Crippen LogP contribution < -0.4 is 0 Å². The molecule has 0 aromatic rings. The number of halogens is 3. The lowest BCUT2D eigenvalue weighted by Gasteiger charge is -2.22. The monoisotopic (exact) mass is 282 g/mol. The molecule has 1 heterocycles. The van der Waals surface area contributed by atoms with E-state index in [9.17, 15) is 9.67 Å². The van der Waals surface area contributed by atoms with Crippen molar-refractivity contribution in [3.63, 3.8) is 0 Å². The van der Waals surface area contributed by atoms with Crippen molar-refractivity contribution in [1.82, 2.24) is 0 Å². The summed E-state index contributed by atoms with van der Waals surface area (Å²) < 4.78 is 19.7. The smallest absolute Gasteiger partial charge is 0.364 e. The van der Waals surface area contributed by atoms with Crippen molar-refractivity contribution in [1.29, 1.82) is 0 Å². The van der Waals surface area contributed by atoms with Crippen molar-refractivity contribution >= 4 is 42.4 Å². The first-order valence-electron chi connectivity index (χ1n) is 3.88. The first-order chi connectivity index (χ1) is 6.17. The van der Waals surface area contributed by atoms with E-state index in [2.05, 4.69) is 0 Å². The van der Waals surface area contributed by atoms with E-state index >= 15 is 0 Å². The Balaban J connectivity index is 2.84. The van der Waals surface area contributed by atoms with Crippen molar-refractivity contribution < 1.29 is 18.7 Å². The Labute approximate surface area is 97.0 Å². The second-order valence-corrected chi connectivity index (χ2v) is 7.44. The minimum Gasteiger partial charge on any atom is -0.377 e. The number of rotatable bonds is 1. The molecule has 1 aliphatic heterocycles. The maximum absolute atomic E-state index is 11.8. The van der Waals surface area contributed by atoms with Gasteiger partial charge >= 0.3 is 7.60 Å². The van der Waals surface area contributed by atoms with E-state index in [1.165, 1.54) is 0 Å². The third kappa shape index (κ3) is 2.56. The van der Waals surface area contributed by atoms with Gasteiger partial charge in [-0.25, -0.2) is 0 Å². The van der Waals surface area contributed by atoms with Crippen LogP contribution in [0.2, 0.25) is 0 Å². The molecule has 0 saturated carbocycles. The predicted octanol–water partition coefficient (Wildman–Crippen LogP) is 2.69. The lowest BCUT2D eigenvalue weighted by molar-refractivity contribution is 0.187. The highest BCUT2D eigenvalue weighted by atomic mass is 35.6. The molecule has 0 radical (unpaired) electrons. The molecule has 1 N–H and O–H groups in total. The summed E-state index contributed by atoms with van der Waals surface area (Å²) in [6.45, 7) is 3.32. The molecule has 1 fully saturated rings. The molecule has 14 heavy (non-hydrogen) atoms. The minimum atomic E-state index is -3.74. The first kappa shape index (κ1) is 13.0. The Morgan fingerprint density at radius 1 is 1.29 bits per heavy atom. The Kier molecular flexibility index (Phi) is 3.82. The second-order valence-electron chi connectivity index (χ2n) is 3.08. The van der Waals surface area contributed by atoms with Crippen LogP contribution in [0.25, 0.3) is 0 Å². The molecule has 0 amide bonds. The van der Waals surface area contributed by atoms with Crippen molar-refractivity contribution in [3.8, 4) is 0 Å². The fourth-order valence-corrected chi connectivity index (χ4v) is 3.94. The minimum absolute atomic E-state index is 0.400. The Bertz CT molecular complexity index is 252. The Hall–Kier alpha value is 0.980. The van der Waals surface area contributed by atoms with E-state index < -0.39 is 29.4 Å². The van der Waals surface area contributed by atoms with E-state index in [1.54, 1.807) is 13.8 Å². The third-order valence-electron chi connectivity index (χ3n) is 1.88. The summed E-state index contributed by atoms with van der Waals surface area (Å²) in [5.41, 5.74) is 0. The van der Waals surface area contributed by atoms with E-state index in [1.807, 2.05) is 0 Å². The van der Waals surface area contributed by atoms with Gasteiger partial charge in [0.05, 0.1) is 12.2 Å². The van der Waals surface area contributed by atoms with Crippen LogP contribution in [-0.2, 0) is 13.6 Å². The average molecular weight is 283 g/mol. The molecule has 0 aromatic heterocycles. The zero-order chi connectivity index (χ0) is 11.1. The van der Waals surface area contributed by atoms with Gasteiger partial charge in [0.15, 0.2) is 0 Å². The number of alkyl halides is 3. The quantitative estimate of drug-likeness (QED) is 0.594. The van der Waals surface area contributed by atoms with E-state index in [-0.39, 0.29) is 0 Å². The SMILES string of the molecule is CC1OP(=O)(C(O)C(Cl)(Cl)Cl)OC1C. The highest BCUT2D eigenvalue weighted by Gasteiger charge is 2.53. The van der Waals surface area contributed by atoms with Crippen LogP contribution in [-0.4, -0.2) is 27.0 Å². The molecule has 8 heteroatoms. The summed E-state index contributed by atoms with van der Waals surface area (Å²) in [5, 5.41) is 9.47. The summed E-state index contributed by atoms with van der Waals surface area (Å²) >= 11 is 16.2. The van der Waals surface area contributed by atoms with Gasteiger partial charge in [-0.05, 0) is 13.8 Å². The molecule has 0 spiro atoms. The molecule has 0 aromatic carbocycles. The lowest BCUT2D eigenvalue weighted by Crippen LogP contribution is -2.25. The zero-order valence-corrected chi connectivity index (χ0v) is 10.6. The molecule has 84 valence electrons. The number of hydrogen-bond acceptors (Lipinski definition) is 4. The van der Waals surface area contributed by atoms with Gasteiger partial charge in [0.2, 0.25) is 9.64 Å². The molecular formula is C6H10Cl3O4P. The van der Waals surface area contributed by atoms with Crippen molar-refractivity contribution in [2.45, 2.75) is 35.7 Å². The summed E-state index contributed by atoms with van der Waals surface area (Å²) in [4.78, 5) is 0. The average Bonchev–Trinajstić information content (AvgIpc) is 2.24. The molecular weight excluding hydrogens is 273 g/mol. The second kappa shape index (κ2) is 4.10. The number of aliphatic hydroxyl groups excluding tert-OH is 1. The fraction of sp³-hybridized carbons (Fsp3) is 1.00. The summed E-state index contributed by atoms with van der Waals surface area (Å²) in [6.07, 6.45) is -0.800. The first-order valence-corrected chi connectivity index (χ1v) is 6.62. The molecule has 4 nitrogen and oxygen atoms in total. The van der Waals surface area contributed by atoms with Gasteiger partial charge in [-0.15, -0.1) is 0 Å². The highest BCUT2D eigenvalue weighted by molar-refractivity contribution is 7.55. The molecule has 1 aliphatic rings. The maximum Gasteiger partial charge on any atom is 0.364 e. The molecule has 0 aliphatic carbocycles. The van der Waals surface area contributed by atoms with Crippen molar-refractivity contribution in [3.05, 3.63) is 0 Å². The maximum atomic E-state index is 11.8. The molecule has 1 saturated heterocycles. The third-order valence-corrected chi connectivity index (χ3v) is 5.20. The van der Waals surface area contributed by atoms with Crippen LogP contribution >= 0.6 is 42.4 Å². The van der Waals surface area contributed by atoms with Crippen LogP contribution in [0.15, 0.2) is 0 Å². The highest BCUT2D eigenvalue weighted by Crippen LogP contribution is 2.64. The van der Waals surface area contributed by atoms with Crippen molar-refractivity contribution in [2.24, 2.45) is 0 Å². The van der Waals surface area contributed by atoms with Crippen LogP contribution in [0.1, 0.15) is 13.8 Å². The van der Waals surface area contributed by atoms with Gasteiger partial charge in [-0.1, -0.05) is 34.8 Å². The molecule has 1 rings (SSSR count). The van der Waals surface area contributed by atoms with Crippen LogP contribution in [0.4, 0.5) is 0 Å². The van der Waals surface area contributed by atoms with Gasteiger partial charge < -0.3 is 14.2 Å². The van der Waals surface area contributed by atoms with Gasteiger partial charge in [-0.2, -0.15) is 0 Å². The summed E-state index contributed by atoms with van der Waals surface area (Å²) in [7, 11) is -3.74. The fourth-order valence-electron chi connectivity index (χ4n) is 0.954. The van der Waals surface area contributed by atoms with E-state index in [0.717, 1.165) is 0 Å². The topological polar surface area (TPSA) is 55.8 Å². The van der Waals surface area contributed by atoms with Crippen molar-refractivity contribution in [2.75, 3.05) is 0 Å². The van der Waals surface area contributed by atoms with Crippen LogP contribution in [0.5, 0.6) is 0 Å². The number of aliphatic hydroxyl groups is 1. The standard InChI is InChI=1S/C6H10Cl3O4P/c1-3-4(2)13-14(11,12-3)5(10)6(7,8)9/h3-5,10H,1-2H3. The van der Waals surface area contributed by atoms with E-state index in [0.29, 0.717) is 0 Å². The molecule has 3 unspecified atom stereocenters. The summed E-state index contributed by atoms with van der Waals surface area (Å²) in [5.74, 6) is -1.77. The largest absolute Gasteiger partial charge is 0.377 e. The Morgan fingerprint density at radius 3 is 1.93 bits per heavy atom.